The summed E-state index contributed by atoms with van der Waals surface area (Å²) in [6.07, 6.45) is 2.58. The first-order valence-electron chi connectivity index (χ1n) is 5.47. The maximum absolute atomic E-state index is 11.6. The largest absolute Gasteiger partial charge is 0.330 e. The Balaban J connectivity index is 1.98. The Morgan fingerprint density at radius 1 is 1.56 bits per heavy atom. The Kier molecular flexibility index (Phi) is 3.36. The molecule has 1 aliphatic rings. The third kappa shape index (κ3) is 2.30. The van der Waals surface area contributed by atoms with Crippen LogP contribution in [0.15, 0.2) is 24.4 Å². The quantitative estimate of drug-likeness (QED) is 0.776. The minimum Gasteiger partial charge on any atom is -0.330 e. The molecule has 2 rings (SSSR count). The molecular formula is C11H16N4O. The molecule has 0 aliphatic carbocycles. The van der Waals surface area contributed by atoms with Crippen molar-refractivity contribution < 1.29 is 4.79 Å². The molecule has 5 heteroatoms. The van der Waals surface area contributed by atoms with Crippen LogP contribution in [0.25, 0.3) is 0 Å². The Bertz CT molecular complexity index is 354. The van der Waals surface area contributed by atoms with Crippen LogP contribution in [0.3, 0.4) is 0 Å². The molecule has 1 aromatic heterocycles. The van der Waals surface area contributed by atoms with Gasteiger partial charge in [-0.25, -0.2) is 4.79 Å². The lowest BCUT2D eigenvalue weighted by Crippen LogP contribution is -2.30. The van der Waals surface area contributed by atoms with E-state index in [1.54, 1.807) is 11.1 Å². The van der Waals surface area contributed by atoms with Crippen LogP contribution in [0, 0.1) is 0 Å². The number of amides is 2. The van der Waals surface area contributed by atoms with Crippen LogP contribution in [0.1, 0.15) is 18.2 Å². The van der Waals surface area contributed by atoms with E-state index < -0.39 is 0 Å². The van der Waals surface area contributed by atoms with E-state index >= 15 is 0 Å². The Labute approximate surface area is 94.6 Å². The average molecular weight is 220 g/mol. The van der Waals surface area contributed by atoms with Crippen molar-refractivity contribution in [3.63, 3.8) is 0 Å². The lowest BCUT2D eigenvalue weighted by molar-refractivity contribution is 0.217. The number of nitrogens with zero attached hydrogens (tertiary/aromatic N) is 2. The highest BCUT2D eigenvalue weighted by Crippen LogP contribution is 2.17. The molecule has 2 amide bonds. The number of carbonyl (C=O) groups excluding carboxylic acids is 1. The van der Waals surface area contributed by atoms with E-state index in [0.29, 0.717) is 19.6 Å². The fraction of sp³-hybridized carbons (Fsp3) is 0.455. The van der Waals surface area contributed by atoms with Crippen molar-refractivity contribution in [1.29, 1.82) is 0 Å². The van der Waals surface area contributed by atoms with E-state index in [0.717, 1.165) is 12.1 Å². The minimum absolute atomic E-state index is 0.00599. The molecule has 16 heavy (non-hydrogen) atoms. The zero-order valence-electron chi connectivity index (χ0n) is 9.10. The number of rotatable bonds is 4. The molecule has 3 N–H and O–H groups in total. The van der Waals surface area contributed by atoms with Crippen molar-refractivity contribution in [2.24, 2.45) is 5.73 Å². The van der Waals surface area contributed by atoms with E-state index in [-0.39, 0.29) is 12.1 Å². The summed E-state index contributed by atoms with van der Waals surface area (Å²) in [6.45, 7) is 2.00. The predicted octanol–water partition coefficient (Wildman–Crippen LogP) is 0.497. The van der Waals surface area contributed by atoms with Crippen molar-refractivity contribution in [1.82, 2.24) is 15.2 Å². The normalized spacial score (nSPS) is 19.9. The molecule has 1 unspecified atom stereocenters. The minimum atomic E-state index is -0.0240. The number of hydrogen-bond acceptors (Lipinski definition) is 3. The van der Waals surface area contributed by atoms with Gasteiger partial charge in [0.2, 0.25) is 0 Å². The van der Waals surface area contributed by atoms with Gasteiger partial charge in [-0.1, -0.05) is 6.07 Å². The molecule has 1 atom stereocenters. The molecule has 0 bridgehead atoms. The highest BCUT2D eigenvalue weighted by Gasteiger charge is 2.29. The first kappa shape index (κ1) is 10.9. The molecule has 0 saturated carbocycles. The first-order valence-corrected chi connectivity index (χ1v) is 5.47. The van der Waals surface area contributed by atoms with Gasteiger partial charge in [0.1, 0.15) is 0 Å². The maximum atomic E-state index is 11.6. The van der Waals surface area contributed by atoms with Crippen molar-refractivity contribution in [2.75, 3.05) is 19.6 Å². The van der Waals surface area contributed by atoms with E-state index in [1.165, 1.54) is 0 Å². The van der Waals surface area contributed by atoms with E-state index in [2.05, 4.69) is 10.3 Å². The summed E-state index contributed by atoms with van der Waals surface area (Å²) in [6, 6.07) is 5.71. The molecule has 1 aliphatic heterocycles. The molecule has 0 radical (unpaired) electrons. The van der Waals surface area contributed by atoms with Gasteiger partial charge >= 0.3 is 6.03 Å². The van der Waals surface area contributed by atoms with Gasteiger partial charge in [0.25, 0.3) is 0 Å². The Hall–Kier alpha value is -1.62. The highest BCUT2D eigenvalue weighted by molar-refractivity contribution is 5.77. The van der Waals surface area contributed by atoms with Gasteiger partial charge in [-0.3, -0.25) is 4.98 Å². The molecule has 2 heterocycles. The standard InChI is InChI=1S/C11H16N4O/c12-5-3-7-15-8-10(14-11(15)16)9-4-1-2-6-13-9/h1-2,4,6,10H,3,5,7-8,12H2,(H,14,16). The topological polar surface area (TPSA) is 71.2 Å². The predicted molar refractivity (Wildman–Crippen MR) is 60.8 cm³/mol. The van der Waals surface area contributed by atoms with Gasteiger partial charge in [0.05, 0.1) is 11.7 Å². The van der Waals surface area contributed by atoms with Gasteiger partial charge in [0, 0.05) is 19.3 Å². The van der Waals surface area contributed by atoms with Gasteiger partial charge in [-0.2, -0.15) is 0 Å². The molecule has 1 aromatic rings. The number of urea groups is 1. The van der Waals surface area contributed by atoms with E-state index in [9.17, 15) is 4.79 Å². The van der Waals surface area contributed by atoms with Gasteiger partial charge in [0.15, 0.2) is 0 Å². The average Bonchev–Trinajstić information content (AvgIpc) is 2.69. The third-order valence-corrected chi connectivity index (χ3v) is 2.66. The van der Waals surface area contributed by atoms with E-state index in [4.69, 9.17) is 5.73 Å². The lowest BCUT2D eigenvalue weighted by Gasteiger charge is -2.13. The molecule has 0 spiro atoms. The van der Waals surface area contributed by atoms with Crippen LogP contribution in [-0.4, -0.2) is 35.5 Å². The Morgan fingerprint density at radius 3 is 3.12 bits per heavy atom. The monoisotopic (exact) mass is 220 g/mol. The van der Waals surface area contributed by atoms with Crippen LogP contribution in [-0.2, 0) is 0 Å². The molecular weight excluding hydrogens is 204 g/mol. The van der Waals surface area contributed by atoms with Crippen molar-refractivity contribution in [3.05, 3.63) is 30.1 Å². The summed E-state index contributed by atoms with van der Waals surface area (Å²) in [4.78, 5) is 17.6. The van der Waals surface area contributed by atoms with Crippen LogP contribution in [0.5, 0.6) is 0 Å². The second-order valence-electron chi connectivity index (χ2n) is 3.84. The number of nitrogens with one attached hydrogen (secondary N) is 1. The number of hydrogen-bond donors (Lipinski definition) is 2. The smallest absolute Gasteiger partial charge is 0.318 e. The second-order valence-corrected chi connectivity index (χ2v) is 3.84. The number of carbonyl (C=O) groups is 1. The molecule has 1 saturated heterocycles. The summed E-state index contributed by atoms with van der Waals surface area (Å²) in [5, 5.41) is 2.91. The highest BCUT2D eigenvalue weighted by atomic mass is 16.2. The van der Waals surface area contributed by atoms with Crippen molar-refractivity contribution >= 4 is 6.03 Å². The van der Waals surface area contributed by atoms with Gasteiger partial charge in [-0.15, -0.1) is 0 Å². The summed E-state index contributed by atoms with van der Waals surface area (Å²) in [5.41, 5.74) is 6.34. The molecule has 5 nitrogen and oxygen atoms in total. The first-order chi connectivity index (χ1) is 7.81. The summed E-state index contributed by atoms with van der Waals surface area (Å²) >= 11 is 0. The molecule has 0 aromatic carbocycles. The van der Waals surface area contributed by atoms with Crippen molar-refractivity contribution in [3.8, 4) is 0 Å². The maximum Gasteiger partial charge on any atom is 0.318 e. The summed E-state index contributed by atoms with van der Waals surface area (Å²) < 4.78 is 0. The SMILES string of the molecule is NCCCN1CC(c2ccccn2)NC1=O. The third-order valence-electron chi connectivity index (χ3n) is 2.66. The van der Waals surface area contributed by atoms with Crippen LogP contribution in [0.4, 0.5) is 4.79 Å². The lowest BCUT2D eigenvalue weighted by atomic mass is 10.2. The zero-order chi connectivity index (χ0) is 11.4. The summed E-state index contributed by atoms with van der Waals surface area (Å²) in [5.74, 6) is 0. The fourth-order valence-corrected chi connectivity index (χ4v) is 1.81. The fourth-order valence-electron chi connectivity index (χ4n) is 1.81. The molecule has 86 valence electrons. The Morgan fingerprint density at radius 2 is 2.44 bits per heavy atom. The van der Waals surface area contributed by atoms with Gasteiger partial charge in [-0.05, 0) is 25.1 Å². The van der Waals surface area contributed by atoms with Crippen LogP contribution in [0.2, 0.25) is 0 Å². The second kappa shape index (κ2) is 4.94. The molecule has 1 fully saturated rings. The number of nitrogens with two attached hydrogens (primary N) is 1. The van der Waals surface area contributed by atoms with Gasteiger partial charge < -0.3 is 16.0 Å². The van der Waals surface area contributed by atoms with Crippen LogP contribution < -0.4 is 11.1 Å². The zero-order valence-corrected chi connectivity index (χ0v) is 9.10. The van der Waals surface area contributed by atoms with E-state index in [1.807, 2.05) is 18.2 Å². The number of aromatic nitrogens is 1. The van der Waals surface area contributed by atoms with Crippen molar-refractivity contribution in [2.45, 2.75) is 12.5 Å². The summed E-state index contributed by atoms with van der Waals surface area (Å²) in [7, 11) is 0. The van der Waals surface area contributed by atoms with Crippen LogP contribution >= 0.6 is 0 Å². The number of pyridine rings is 1.